The van der Waals surface area contributed by atoms with Gasteiger partial charge in [-0.1, -0.05) is 41.4 Å². The summed E-state index contributed by atoms with van der Waals surface area (Å²) in [5, 5.41) is 15.6. The van der Waals surface area contributed by atoms with Crippen LogP contribution in [0.3, 0.4) is 0 Å². The summed E-state index contributed by atoms with van der Waals surface area (Å²) >= 11 is 13.1. The van der Waals surface area contributed by atoms with E-state index in [1.54, 1.807) is 24.4 Å². The number of likely N-dealkylation sites (tertiary alicyclic amines) is 1. The summed E-state index contributed by atoms with van der Waals surface area (Å²) in [6, 6.07) is 17.5. The highest BCUT2D eigenvalue weighted by atomic mass is 35.5. The van der Waals surface area contributed by atoms with E-state index in [1.165, 1.54) is 0 Å². The summed E-state index contributed by atoms with van der Waals surface area (Å²) in [5.41, 5.74) is 5.25. The number of hydrogen-bond acceptors (Lipinski definition) is 6. The number of nitriles is 1. The molecule has 5 aliphatic rings. The maximum absolute atomic E-state index is 17.2. The van der Waals surface area contributed by atoms with Crippen LogP contribution in [-0.4, -0.2) is 50.1 Å². The van der Waals surface area contributed by atoms with Gasteiger partial charge >= 0.3 is 0 Å². The van der Waals surface area contributed by atoms with Gasteiger partial charge in [-0.15, -0.1) is 0 Å². The van der Waals surface area contributed by atoms with Crippen LogP contribution in [0.4, 0.5) is 4.39 Å². The highest BCUT2D eigenvalue weighted by Crippen LogP contribution is 2.52. The average Bonchev–Trinajstić information content (AvgIpc) is 3.41. The third-order valence-corrected chi connectivity index (χ3v) is 13.0. The maximum atomic E-state index is 17.2. The van der Waals surface area contributed by atoms with E-state index >= 15 is 4.39 Å². The molecule has 0 spiro atoms. The van der Waals surface area contributed by atoms with E-state index in [0.717, 1.165) is 48.1 Å². The van der Waals surface area contributed by atoms with E-state index < -0.39 is 5.82 Å². The van der Waals surface area contributed by atoms with Crippen molar-refractivity contribution >= 4 is 50.9 Å². The molecule has 3 aliphatic heterocycles. The molecule has 2 bridgehead atoms. The van der Waals surface area contributed by atoms with Crippen molar-refractivity contribution in [1.82, 2.24) is 24.8 Å². The average molecular weight is 752 g/mol. The number of hydrogen-bond donors (Lipinski definition) is 1. The lowest BCUT2D eigenvalue weighted by molar-refractivity contribution is -0.137. The molecule has 7 atom stereocenters. The largest absolute Gasteiger partial charge is 0.367 e. The van der Waals surface area contributed by atoms with Crippen molar-refractivity contribution < 1.29 is 13.9 Å². The van der Waals surface area contributed by atoms with Crippen LogP contribution >= 0.6 is 23.2 Å². The Hall–Kier alpha value is -4.07. The van der Waals surface area contributed by atoms with Gasteiger partial charge in [0.25, 0.3) is 0 Å². The third-order valence-electron chi connectivity index (χ3n) is 12.2. The van der Waals surface area contributed by atoms with E-state index in [4.69, 9.17) is 32.9 Å². The van der Waals surface area contributed by atoms with Gasteiger partial charge in [0.2, 0.25) is 5.91 Å². The minimum Gasteiger partial charge on any atom is -0.367 e. The van der Waals surface area contributed by atoms with E-state index in [9.17, 15) is 10.1 Å². The standard InChI is InChI=1S/C42H41Cl2FN6O2/c1-21-28-18-33(34-19-35(22(2)50(34)42(52)24-12-13-24)53-23(3)31-11-4-5-15-47-31)51(40-26-17-32(40)48-20-26)41(28)29-16-25(8-7-14-46)36(38(45)39(29)49-21)27-9-6-10-30(43)37(27)44/h4-6,9-11,15-16,18,22-24,26,32,34-35,40,48H,7-8,12-13,17,19-20H2,1-3H3. The summed E-state index contributed by atoms with van der Waals surface area (Å²) in [6.45, 7) is 6.98. The number of halogens is 3. The molecule has 11 heteroatoms. The Balaban J connectivity index is 1.25. The van der Waals surface area contributed by atoms with Gasteiger partial charge in [-0.25, -0.2) is 9.37 Å². The number of aromatic nitrogens is 3. The molecule has 1 N–H and O–H groups in total. The zero-order chi connectivity index (χ0) is 36.7. The number of fused-ring (bicyclic) bond motifs is 4. The van der Waals surface area contributed by atoms with Gasteiger partial charge in [-0.05, 0) is 88.3 Å². The first-order chi connectivity index (χ1) is 25.7. The topological polar surface area (TPSA) is 96.1 Å². The fraction of sp³-hybridized carbons (Fsp3) is 0.429. The molecule has 272 valence electrons. The molecule has 8 nitrogen and oxygen atoms in total. The summed E-state index contributed by atoms with van der Waals surface area (Å²) in [7, 11) is 0. The van der Waals surface area contributed by atoms with Gasteiger partial charge in [0, 0.05) is 70.8 Å². The Morgan fingerprint density at radius 1 is 1.15 bits per heavy atom. The Bertz CT molecular complexity index is 2310. The molecular formula is C42H41Cl2FN6O2. The van der Waals surface area contributed by atoms with Gasteiger partial charge in [0.05, 0.1) is 57.7 Å². The number of nitrogens with zero attached hydrogens (tertiary/aromatic N) is 5. The molecule has 5 aromatic rings. The van der Waals surface area contributed by atoms with Crippen molar-refractivity contribution in [1.29, 1.82) is 5.26 Å². The molecule has 0 radical (unpaired) electrons. The number of benzene rings is 2. The van der Waals surface area contributed by atoms with Crippen LogP contribution in [0.1, 0.15) is 86.8 Å². The first-order valence-electron chi connectivity index (χ1n) is 18.8. The van der Waals surface area contributed by atoms with Crippen LogP contribution in [0, 0.1) is 35.9 Å². The van der Waals surface area contributed by atoms with Crippen molar-refractivity contribution in [3.05, 3.63) is 93.2 Å². The number of rotatable bonds is 9. The fourth-order valence-electron chi connectivity index (χ4n) is 9.37. The molecule has 10 rings (SSSR count). The first-order valence-corrected chi connectivity index (χ1v) is 19.5. The van der Waals surface area contributed by atoms with Crippen LogP contribution in [0.25, 0.3) is 32.9 Å². The van der Waals surface area contributed by atoms with Crippen molar-refractivity contribution in [3.63, 3.8) is 0 Å². The summed E-state index contributed by atoms with van der Waals surface area (Å²) < 4.78 is 26.4. The zero-order valence-electron chi connectivity index (χ0n) is 30.0. The highest BCUT2D eigenvalue weighted by molar-refractivity contribution is 6.43. The molecular weight excluding hydrogens is 710 g/mol. The highest BCUT2D eigenvalue weighted by Gasteiger charge is 2.52. The third kappa shape index (κ3) is 5.64. The normalized spacial score (nSPS) is 25.6. The maximum Gasteiger partial charge on any atom is 0.226 e. The van der Waals surface area contributed by atoms with E-state index in [-0.39, 0.29) is 65.2 Å². The number of carbonyl (C=O) groups is 1. The number of pyridine rings is 2. The van der Waals surface area contributed by atoms with Gasteiger partial charge in [0.15, 0.2) is 5.82 Å². The van der Waals surface area contributed by atoms with Crippen molar-refractivity contribution in [2.24, 2.45) is 11.8 Å². The Kier molecular flexibility index (Phi) is 8.73. The molecule has 2 aromatic carbocycles. The van der Waals surface area contributed by atoms with E-state index in [0.29, 0.717) is 51.6 Å². The van der Waals surface area contributed by atoms with Gasteiger partial charge in [0.1, 0.15) is 5.52 Å². The summed E-state index contributed by atoms with van der Waals surface area (Å²) in [6.07, 6.45) is 5.37. The van der Waals surface area contributed by atoms with Gasteiger partial charge < -0.3 is 19.5 Å². The van der Waals surface area contributed by atoms with Crippen molar-refractivity contribution in [2.45, 2.75) is 95.7 Å². The fourth-order valence-corrected chi connectivity index (χ4v) is 9.76. The molecule has 3 aromatic heterocycles. The SMILES string of the molecule is Cc1nc2c(F)c(-c3cccc(Cl)c3Cl)c(CCC#N)cc2c2c1cc(C1CC(OC(C)c3ccccn3)C(C)N1C(=O)C1CC1)n2C1C2CNC1C2. The number of nitrogens with one attached hydrogen (secondary N) is 1. The Labute approximate surface area is 318 Å². The first kappa shape index (κ1) is 34.7. The molecule has 5 fully saturated rings. The molecule has 1 amide bonds. The summed E-state index contributed by atoms with van der Waals surface area (Å²) in [4.78, 5) is 25.8. The number of amides is 1. The predicted octanol–water partition coefficient (Wildman–Crippen LogP) is 9.21. The van der Waals surface area contributed by atoms with Crippen molar-refractivity contribution in [2.75, 3.05) is 6.54 Å². The molecule has 6 heterocycles. The second-order valence-electron chi connectivity index (χ2n) is 15.4. The van der Waals surface area contributed by atoms with Crippen LogP contribution < -0.4 is 5.32 Å². The molecule has 2 aliphatic carbocycles. The molecule has 2 saturated carbocycles. The van der Waals surface area contributed by atoms with E-state index in [1.807, 2.05) is 38.1 Å². The van der Waals surface area contributed by atoms with Crippen LogP contribution in [0.5, 0.6) is 0 Å². The second-order valence-corrected chi connectivity index (χ2v) is 16.1. The van der Waals surface area contributed by atoms with Crippen LogP contribution in [0.15, 0.2) is 54.7 Å². The lowest BCUT2D eigenvalue weighted by atomic mass is 9.79. The molecule has 53 heavy (non-hydrogen) atoms. The van der Waals surface area contributed by atoms with Crippen LogP contribution in [0.2, 0.25) is 10.0 Å². The lowest BCUT2D eigenvalue weighted by Crippen LogP contribution is -2.43. The Morgan fingerprint density at radius 3 is 2.68 bits per heavy atom. The molecule has 3 saturated heterocycles. The monoisotopic (exact) mass is 750 g/mol. The second kappa shape index (κ2) is 13.3. The number of aryl methyl sites for hydroxylation is 2. The molecule has 7 unspecified atom stereocenters. The lowest BCUT2D eigenvalue weighted by Gasteiger charge is -2.39. The van der Waals surface area contributed by atoms with E-state index in [2.05, 4.69) is 38.8 Å². The minimum atomic E-state index is -0.481. The van der Waals surface area contributed by atoms with Gasteiger partial charge in [-0.3, -0.25) is 9.78 Å². The quantitative estimate of drug-likeness (QED) is 0.161. The smallest absolute Gasteiger partial charge is 0.226 e. The number of carbonyl (C=O) groups excluding carboxylic acids is 1. The summed E-state index contributed by atoms with van der Waals surface area (Å²) in [5.74, 6) is 0.140. The number of ether oxygens (including phenoxy) is 1. The van der Waals surface area contributed by atoms with Crippen molar-refractivity contribution in [3.8, 4) is 17.2 Å². The predicted molar refractivity (Wildman–Crippen MR) is 204 cm³/mol. The van der Waals surface area contributed by atoms with Crippen LogP contribution in [-0.2, 0) is 16.0 Å². The van der Waals surface area contributed by atoms with Gasteiger partial charge in [-0.2, -0.15) is 5.26 Å². The minimum absolute atomic E-state index is 0.0315. The Morgan fingerprint density at radius 2 is 1.98 bits per heavy atom. The zero-order valence-corrected chi connectivity index (χ0v) is 31.5.